The summed E-state index contributed by atoms with van der Waals surface area (Å²) in [5.74, 6) is -0.186. The van der Waals surface area contributed by atoms with E-state index in [2.05, 4.69) is 15.5 Å². The number of anilines is 1. The summed E-state index contributed by atoms with van der Waals surface area (Å²) in [4.78, 5) is 22.1. The first kappa shape index (κ1) is 13.9. The summed E-state index contributed by atoms with van der Waals surface area (Å²) in [5.41, 5.74) is 0.238. The number of hydrogen-bond donors (Lipinski definition) is 1. The highest BCUT2D eigenvalue weighted by molar-refractivity contribution is 6.29. The van der Waals surface area contributed by atoms with Gasteiger partial charge in [0.05, 0.1) is 11.3 Å². The average Bonchev–Trinajstić information content (AvgIpc) is 2.41. The highest BCUT2D eigenvalue weighted by Gasteiger charge is 2.15. The van der Waals surface area contributed by atoms with Gasteiger partial charge in [-0.1, -0.05) is 29.8 Å². The van der Waals surface area contributed by atoms with Gasteiger partial charge in [-0.2, -0.15) is 0 Å². The van der Waals surface area contributed by atoms with Crippen LogP contribution in [0.15, 0.2) is 36.4 Å². The summed E-state index contributed by atoms with van der Waals surface area (Å²) in [6, 6.07) is 9.04. The molecule has 0 aliphatic carbocycles. The quantitative estimate of drug-likeness (QED) is 0.688. The Morgan fingerprint density at radius 1 is 1.25 bits per heavy atom. The van der Waals surface area contributed by atoms with Crippen molar-refractivity contribution in [2.24, 2.45) is 0 Å². The van der Waals surface area contributed by atoms with E-state index in [0.29, 0.717) is 5.56 Å². The maximum atomic E-state index is 11.8. The minimum Gasteiger partial charge on any atom is -0.309 e. The highest BCUT2D eigenvalue weighted by Crippen LogP contribution is 2.18. The van der Waals surface area contributed by atoms with Crippen LogP contribution in [0.1, 0.15) is 5.56 Å². The minimum absolute atomic E-state index is 0.0927. The maximum Gasteiger partial charge on any atom is 0.273 e. The number of nitro benzene ring substituents is 1. The Morgan fingerprint density at radius 3 is 2.65 bits per heavy atom. The number of nitro groups is 1. The van der Waals surface area contributed by atoms with Crippen LogP contribution in [0.25, 0.3) is 0 Å². The number of nitrogens with one attached hydrogen (secondary N) is 1. The van der Waals surface area contributed by atoms with Crippen LogP contribution >= 0.6 is 11.6 Å². The zero-order valence-electron chi connectivity index (χ0n) is 10.1. The lowest BCUT2D eigenvalue weighted by molar-refractivity contribution is -0.385. The minimum atomic E-state index is -0.523. The molecule has 2 rings (SSSR count). The summed E-state index contributed by atoms with van der Waals surface area (Å²) in [5, 5.41) is 20.8. The molecule has 0 aliphatic rings. The number of carbonyl (C=O) groups excluding carboxylic acids is 1. The van der Waals surface area contributed by atoms with Gasteiger partial charge in [0.2, 0.25) is 5.91 Å². The van der Waals surface area contributed by atoms with Crippen LogP contribution in [0.2, 0.25) is 5.15 Å². The van der Waals surface area contributed by atoms with Gasteiger partial charge in [0, 0.05) is 11.6 Å². The van der Waals surface area contributed by atoms with Crippen molar-refractivity contribution in [3.05, 3.63) is 57.2 Å². The number of carbonyl (C=O) groups is 1. The molecule has 1 amide bonds. The van der Waals surface area contributed by atoms with E-state index in [-0.39, 0.29) is 23.1 Å². The molecule has 0 aliphatic heterocycles. The van der Waals surface area contributed by atoms with Gasteiger partial charge in [-0.3, -0.25) is 14.9 Å². The summed E-state index contributed by atoms with van der Waals surface area (Å²) in [7, 11) is 0. The fraction of sp³-hybridized carbons (Fsp3) is 0.0833. The fourth-order valence-electron chi connectivity index (χ4n) is 1.58. The van der Waals surface area contributed by atoms with Crippen molar-refractivity contribution in [1.82, 2.24) is 10.2 Å². The molecule has 0 saturated carbocycles. The van der Waals surface area contributed by atoms with Crippen LogP contribution in [0.4, 0.5) is 11.5 Å². The molecule has 1 N–H and O–H groups in total. The van der Waals surface area contributed by atoms with E-state index in [9.17, 15) is 14.9 Å². The number of nitrogens with zero attached hydrogens (tertiary/aromatic N) is 3. The van der Waals surface area contributed by atoms with Crippen molar-refractivity contribution in [3.8, 4) is 0 Å². The summed E-state index contributed by atoms with van der Waals surface area (Å²) < 4.78 is 0. The molecular formula is C12H9ClN4O3. The lowest BCUT2D eigenvalue weighted by Crippen LogP contribution is -2.16. The molecule has 2 aromatic rings. The number of aromatic nitrogens is 2. The van der Waals surface area contributed by atoms with Gasteiger partial charge in [-0.25, -0.2) is 0 Å². The standard InChI is InChI=1S/C12H9ClN4O3/c13-10-5-6-11(16-15-10)14-12(18)7-8-3-1-2-4-9(8)17(19)20/h1-6H,7H2,(H,14,16,18). The van der Waals surface area contributed by atoms with E-state index in [0.717, 1.165) is 0 Å². The van der Waals surface area contributed by atoms with E-state index in [1.54, 1.807) is 12.1 Å². The third kappa shape index (κ3) is 3.48. The molecule has 102 valence electrons. The molecule has 0 fully saturated rings. The number of hydrogen-bond acceptors (Lipinski definition) is 5. The molecule has 0 radical (unpaired) electrons. The molecule has 0 atom stereocenters. The van der Waals surface area contributed by atoms with Gasteiger partial charge in [-0.15, -0.1) is 10.2 Å². The normalized spacial score (nSPS) is 10.1. The summed E-state index contributed by atoms with van der Waals surface area (Å²) in [6.07, 6.45) is -0.124. The Morgan fingerprint density at radius 2 is 2.00 bits per heavy atom. The molecule has 0 bridgehead atoms. The molecule has 1 heterocycles. The van der Waals surface area contributed by atoms with Gasteiger partial charge in [0.15, 0.2) is 11.0 Å². The Bertz CT molecular complexity index is 645. The first-order chi connectivity index (χ1) is 9.56. The van der Waals surface area contributed by atoms with Gasteiger partial charge < -0.3 is 5.32 Å². The second kappa shape index (κ2) is 6.07. The number of halogens is 1. The lowest BCUT2D eigenvalue weighted by atomic mass is 10.1. The summed E-state index contributed by atoms with van der Waals surface area (Å²) in [6.45, 7) is 0. The van der Waals surface area contributed by atoms with Crippen LogP contribution in [-0.4, -0.2) is 21.0 Å². The van der Waals surface area contributed by atoms with Crippen molar-refractivity contribution < 1.29 is 9.72 Å². The third-order valence-corrected chi connectivity index (χ3v) is 2.64. The molecule has 7 nitrogen and oxygen atoms in total. The predicted molar refractivity (Wildman–Crippen MR) is 72.5 cm³/mol. The molecule has 0 unspecified atom stereocenters. The second-order valence-corrected chi connectivity index (χ2v) is 4.24. The largest absolute Gasteiger partial charge is 0.309 e. The fourth-order valence-corrected chi connectivity index (χ4v) is 1.68. The molecule has 8 heteroatoms. The van der Waals surface area contributed by atoms with E-state index >= 15 is 0 Å². The van der Waals surface area contributed by atoms with E-state index < -0.39 is 10.8 Å². The Kier molecular flexibility index (Phi) is 4.21. The van der Waals surface area contributed by atoms with Gasteiger partial charge >= 0.3 is 0 Å². The van der Waals surface area contributed by atoms with E-state index in [4.69, 9.17) is 11.6 Å². The topological polar surface area (TPSA) is 98.0 Å². The third-order valence-electron chi connectivity index (χ3n) is 2.44. The smallest absolute Gasteiger partial charge is 0.273 e. The first-order valence-electron chi connectivity index (χ1n) is 5.57. The van der Waals surface area contributed by atoms with Crippen LogP contribution in [0.3, 0.4) is 0 Å². The van der Waals surface area contributed by atoms with Crippen LogP contribution < -0.4 is 5.32 Å². The van der Waals surface area contributed by atoms with Crippen molar-refractivity contribution in [2.45, 2.75) is 6.42 Å². The molecule has 0 spiro atoms. The van der Waals surface area contributed by atoms with Crippen molar-refractivity contribution >= 4 is 29.0 Å². The van der Waals surface area contributed by atoms with Gasteiger partial charge in [-0.05, 0) is 12.1 Å². The average molecular weight is 293 g/mol. The molecule has 1 aromatic carbocycles. The first-order valence-corrected chi connectivity index (χ1v) is 5.95. The Balaban J connectivity index is 2.08. The van der Waals surface area contributed by atoms with E-state index in [1.165, 1.54) is 24.3 Å². The number of amides is 1. The van der Waals surface area contributed by atoms with Gasteiger partial charge in [0.1, 0.15) is 0 Å². The van der Waals surface area contributed by atoms with Crippen molar-refractivity contribution in [3.63, 3.8) is 0 Å². The Hall–Kier alpha value is -2.54. The number of para-hydroxylation sites is 1. The van der Waals surface area contributed by atoms with Crippen molar-refractivity contribution in [1.29, 1.82) is 0 Å². The maximum absolute atomic E-state index is 11.8. The highest BCUT2D eigenvalue weighted by atomic mass is 35.5. The zero-order chi connectivity index (χ0) is 14.5. The van der Waals surface area contributed by atoms with Crippen LogP contribution in [-0.2, 0) is 11.2 Å². The lowest BCUT2D eigenvalue weighted by Gasteiger charge is -2.04. The molecular weight excluding hydrogens is 284 g/mol. The van der Waals surface area contributed by atoms with E-state index in [1.807, 2.05) is 0 Å². The predicted octanol–water partition coefficient (Wildman–Crippen LogP) is 2.22. The summed E-state index contributed by atoms with van der Waals surface area (Å²) >= 11 is 5.57. The number of benzene rings is 1. The monoisotopic (exact) mass is 292 g/mol. The Labute approximate surface area is 118 Å². The molecule has 0 saturated heterocycles. The van der Waals surface area contributed by atoms with Gasteiger partial charge in [0.25, 0.3) is 5.69 Å². The molecule has 20 heavy (non-hydrogen) atoms. The van der Waals surface area contributed by atoms with Crippen LogP contribution in [0, 0.1) is 10.1 Å². The van der Waals surface area contributed by atoms with Crippen LogP contribution in [0.5, 0.6) is 0 Å². The SMILES string of the molecule is O=C(Cc1ccccc1[N+](=O)[O-])Nc1ccc(Cl)nn1. The molecule has 1 aromatic heterocycles. The number of rotatable bonds is 4. The van der Waals surface area contributed by atoms with Crippen molar-refractivity contribution in [2.75, 3.05) is 5.32 Å². The zero-order valence-corrected chi connectivity index (χ0v) is 10.9. The second-order valence-electron chi connectivity index (χ2n) is 3.85.